The molecule has 2 amide bonds. The maximum absolute atomic E-state index is 12.8. The van der Waals surface area contributed by atoms with E-state index in [9.17, 15) is 9.59 Å². The van der Waals surface area contributed by atoms with Crippen molar-refractivity contribution in [2.75, 3.05) is 35.4 Å². The number of fused-ring (bicyclic) bond motifs is 1. The molecule has 2 aromatic carbocycles. The lowest BCUT2D eigenvalue weighted by Gasteiger charge is -2.24. The second kappa shape index (κ2) is 8.43. The number of nitrogens with one attached hydrogen (secondary N) is 2. The molecule has 0 unspecified atom stereocenters. The monoisotopic (exact) mass is 397 g/mol. The average molecular weight is 397 g/mol. The molecule has 2 N–H and O–H groups in total. The number of hydrogen-bond donors (Lipinski definition) is 2. The molecule has 1 heterocycles. The van der Waals surface area contributed by atoms with Gasteiger partial charge in [-0.1, -0.05) is 0 Å². The zero-order valence-electron chi connectivity index (χ0n) is 17.2. The number of carbonyl (C=O) groups is 2. The summed E-state index contributed by atoms with van der Waals surface area (Å²) in [5.74, 6) is 0.409. The van der Waals surface area contributed by atoms with E-state index in [4.69, 9.17) is 9.47 Å². The molecule has 1 aliphatic rings. The molecule has 0 spiro atoms. The number of carbonyl (C=O) groups excluding carboxylic acids is 2. The molecule has 3 rings (SSSR count). The van der Waals surface area contributed by atoms with E-state index in [0.29, 0.717) is 22.9 Å². The van der Waals surface area contributed by atoms with Crippen LogP contribution in [0.4, 0.5) is 17.1 Å². The molecule has 0 atom stereocenters. The molecule has 0 radical (unpaired) electrons. The third kappa shape index (κ3) is 4.45. The molecule has 2 aromatic rings. The van der Waals surface area contributed by atoms with Gasteiger partial charge in [0.1, 0.15) is 5.41 Å². The van der Waals surface area contributed by atoms with Gasteiger partial charge < -0.3 is 25.0 Å². The first-order valence-electron chi connectivity index (χ1n) is 9.72. The highest BCUT2D eigenvalue weighted by Gasteiger charge is 2.36. The fourth-order valence-electron chi connectivity index (χ4n) is 3.00. The van der Waals surface area contributed by atoms with Crippen molar-refractivity contribution in [2.24, 2.45) is 5.41 Å². The molecule has 0 fully saturated rings. The molecule has 0 aliphatic carbocycles. The molecule has 154 valence electrons. The molecule has 0 bridgehead atoms. The Bertz CT molecular complexity index is 889. The van der Waals surface area contributed by atoms with E-state index in [2.05, 4.69) is 29.4 Å². The summed E-state index contributed by atoms with van der Waals surface area (Å²) in [6.07, 6.45) is 0. The lowest BCUT2D eigenvalue weighted by atomic mass is 9.90. The zero-order chi connectivity index (χ0) is 21.0. The summed E-state index contributed by atoms with van der Waals surface area (Å²) in [6.45, 7) is 9.36. The molecule has 7 heteroatoms. The first-order valence-corrected chi connectivity index (χ1v) is 9.72. The normalized spacial score (nSPS) is 12.4. The fraction of sp³-hybridized carbons (Fsp3) is 0.364. The van der Waals surface area contributed by atoms with Crippen molar-refractivity contribution in [2.45, 2.75) is 27.7 Å². The Kier molecular flexibility index (Phi) is 5.96. The lowest BCUT2D eigenvalue weighted by molar-refractivity contribution is -0.135. The smallest absolute Gasteiger partial charge is 0.239 e. The van der Waals surface area contributed by atoms with Gasteiger partial charge in [-0.05, 0) is 64.1 Å². The van der Waals surface area contributed by atoms with E-state index in [-0.39, 0.29) is 12.7 Å². The van der Waals surface area contributed by atoms with Gasteiger partial charge in [0.15, 0.2) is 11.5 Å². The third-order valence-corrected chi connectivity index (χ3v) is 5.02. The van der Waals surface area contributed by atoms with Crippen LogP contribution in [-0.2, 0) is 9.59 Å². The highest BCUT2D eigenvalue weighted by atomic mass is 16.7. The molecular formula is C22H27N3O4. The molecule has 29 heavy (non-hydrogen) atoms. The van der Waals surface area contributed by atoms with Crippen LogP contribution in [0.15, 0.2) is 42.5 Å². The van der Waals surface area contributed by atoms with Crippen LogP contribution in [-0.4, -0.2) is 31.7 Å². The van der Waals surface area contributed by atoms with Crippen molar-refractivity contribution in [1.29, 1.82) is 0 Å². The summed E-state index contributed by atoms with van der Waals surface area (Å²) in [5, 5.41) is 5.61. The van der Waals surface area contributed by atoms with Crippen LogP contribution in [0, 0.1) is 5.41 Å². The van der Waals surface area contributed by atoms with Gasteiger partial charge >= 0.3 is 0 Å². The van der Waals surface area contributed by atoms with Crippen LogP contribution in [0.5, 0.6) is 11.5 Å². The Morgan fingerprint density at radius 3 is 2.07 bits per heavy atom. The minimum absolute atomic E-state index is 0.160. The number of hydrogen-bond acceptors (Lipinski definition) is 5. The maximum atomic E-state index is 12.8. The summed E-state index contributed by atoms with van der Waals surface area (Å²) in [5.41, 5.74) is 1.01. The summed E-state index contributed by atoms with van der Waals surface area (Å²) in [6, 6.07) is 12.7. The number of rotatable bonds is 7. The first-order chi connectivity index (χ1) is 13.8. The van der Waals surface area contributed by atoms with Gasteiger partial charge in [-0.2, -0.15) is 0 Å². The van der Waals surface area contributed by atoms with Crippen LogP contribution in [0.2, 0.25) is 0 Å². The minimum Gasteiger partial charge on any atom is -0.454 e. The fourth-order valence-corrected chi connectivity index (χ4v) is 3.00. The van der Waals surface area contributed by atoms with Crippen molar-refractivity contribution in [3.05, 3.63) is 42.5 Å². The van der Waals surface area contributed by atoms with E-state index in [1.54, 1.807) is 32.0 Å². The number of amides is 2. The van der Waals surface area contributed by atoms with E-state index >= 15 is 0 Å². The van der Waals surface area contributed by atoms with Gasteiger partial charge in [-0.15, -0.1) is 0 Å². The third-order valence-electron chi connectivity index (χ3n) is 5.02. The van der Waals surface area contributed by atoms with Gasteiger partial charge in [0.05, 0.1) is 0 Å². The lowest BCUT2D eigenvalue weighted by Crippen LogP contribution is -2.41. The standard InChI is InChI=1S/C22H27N3O4/c1-5-25(6-2)17-10-7-15(8-11-17)23-20(26)22(3,4)21(27)24-16-9-12-18-19(13-16)29-14-28-18/h7-13H,5-6,14H2,1-4H3,(H,23,26)(H,24,27). The average Bonchev–Trinajstić information content (AvgIpc) is 3.18. The topological polar surface area (TPSA) is 79.9 Å². The molecule has 7 nitrogen and oxygen atoms in total. The summed E-state index contributed by atoms with van der Waals surface area (Å²) >= 11 is 0. The second-order valence-electron chi connectivity index (χ2n) is 7.32. The molecule has 0 aromatic heterocycles. The number of nitrogens with zero attached hydrogens (tertiary/aromatic N) is 1. The van der Waals surface area contributed by atoms with Crippen LogP contribution >= 0.6 is 0 Å². The SMILES string of the molecule is CCN(CC)c1ccc(NC(=O)C(C)(C)C(=O)Nc2ccc3c(c2)OCO3)cc1. The van der Waals surface area contributed by atoms with Gasteiger partial charge in [-0.3, -0.25) is 9.59 Å². The van der Waals surface area contributed by atoms with E-state index in [1.807, 2.05) is 24.3 Å². The van der Waals surface area contributed by atoms with Crippen molar-refractivity contribution < 1.29 is 19.1 Å². The maximum Gasteiger partial charge on any atom is 0.239 e. The van der Waals surface area contributed by atoms with Gasteiger partial charge in [0, 0.05) is 36.2 Å². The Hall–Kier alpha value is -3.22. The van der Waals surface area contributed by atoms with Gasteiger partial charge in [0.2, 0.25) is 18.6 Å². The molecular weight excluding hydrogens is 370 g/mol. The molecule has 0 saturated heterocycles. The highest BCUT2D eigenvalue weighted by Crippen LogP contribution is 2.34. The quantitative estimate of drug-likeness (QED) is 0.694. The minimum atomic E-state index is -1.27. The van der Waals surface area contributed by atoms with E-state index in [0.717, 1.165) is 18.8 Å². The van der Waals surface area contributed by atoms with Crippen molar-refractivity contribution >= 4 is 28.9 Å². The predicted octanol–water partition coefficient (Wildman–Crippen LogP) is 3.86. The number of anilines is 3. The Balaban J connectivity index is 1.65. The van der Waals surface area contributed by atoms with Crippen molar-refractivity contribution in [3.63, 3.8) is 0 Å². The van der Waals surface area contributed by atoms with Crippen LogP contribution < -0.4 is 25.0 Å². The van der Waals surface area contributed by atoms with Crippen LogP contribution in [0.25, 0.3) is 0 Å². The van der Waals surface area contributed by atoms with Crippen molar-refractivity contribution in [3.8, 4) is 11.5 Å². The Morgan fingerprint density at radius 2 is 1.45 bits per heavy atom. The molecule has 0 saturated carbocycles. The summed E-state index contributed by atoms with van der Waals surface area (Å²) in [4.78, 5) is 27.7. The predicted molar refractivity (Wildman–Crippen MR) is 114 cm³/mol. The number of benzene rings is 2. The first kappa shape index (κ1) is 20.5. The summed E-state index contributed by atoms with van der Waals surface area (Å²) in [7, 11) is 0. The Labute approximate surface area is 171 Å². The van der Waals surface area contributed by atoms with Crippen LogP contribution in [0.3, 0.4) is 0 Å². The van der Waals surface area contributed by atoms with E-state index < -0.39 is 11.3 Å². The second-order valence-corrected chi connectivity index (χ2v) is 7.32. The van der Waals surface area contributed by atoms with Gasteiger partial charge in [-0.25, -0.2) is 0 Å². The highest BCUT2D eigenvalue weighted by molar-refractivity contribution is 6.14. The molecule has 1 aliphatic heterocycles. The zero-order valence-corrected chi connectivity index (χ0v) is 17.2. The van der Waals surface area contributed by atoms with Gasteiger partial charge in [0.25, 0.3) is 0 Å². The van der Waals surface area contributed by atoms with Crippen LogP contribution in [0.1, 0.15) is 27.7 Å². The van der Waals surface area contributed by atoms with Crippen molar-refractivity contribution in [1.82, 2.24) is 0 Å². The number of ether oxygens (including phenoxy) is 2. The Morgan fingerprint density at radius 1 is 0.897 bits per heavy atom. The summed E-state index contributed by atoms with van der Waals surface area (Å²) < 4.78 is 10.6. The largest absolute Gasteiger partial charge is 0.454 e. The van der Waals surface area contributed by atoms with E-state index in [1.165, 1.54) is 0 Å².